The van der Waals surface area contributed by atoms with Crippen LogP contribution in [0.2, 0.25) is 0 Å². The van der Waals surface area contributed by atoms with Gasteiger partial charge < -0.3 is 15.5 Å². The summed E-state index contributed by atoms with van der Waals surface area (Å²) in [6.07, 6.45) is 3.95. The molecule has 2 N–H and O–H groups in total. The van der Waals surface area contributed by atoms with Crippen molar-refractivity contribution >= 4 is 11.9 Å². The lowest BCUT2D eigenvalue weighted by molar-refractivity contribution is -0.121. The van der Waals surface area contributed by atoms with E-state index in [1.54, 1.807) is 7.05 Å². The first kappa shape index (κ1) is 17.8. The molecule has 1 amide bonds. The summed E-state index contributed by atoms with van der Waals surface area (Å²) < 4.78 is 0. The van der Waals surface area contributed by atoms with Gasteiger partial charge in [0, 0.05) is 45.1 Å². The van der Waals surface area contributed by atoms with Gasteiger partial charge in [-0.05, 0) is 37.7 Å². The van der Waals surface area contributed by atoms with Crippen molar-refractivity contribution < 1.29 is 4.79 Å². The lowest BCUT2D eigenvalue weighted by Crippen LogP contribution is -2.47. The minimum atomic E-state index is 0.155. The third-order valence-corrected chi connectivity index (χ3v) is 5.31. The third-order valence-electron chi connectivity index (χ3n) is 5.31. The summed E-state index contributed by atoms with van der Waals surface area (Å²) in [6.45, 7) is 4.84. The zero-order chi connectivity index (χ0) is 17.6. The number of guanidine groups is 1. The molecule has 1 saturated carbocycles. The topological polar surface area (TPSA) is 56.7 Å². The average Bonchev–Trinajstić information content (AvgIpc) is 3.42. The number of rotatable bonds is 5. The SMILES string of the molecule is CCN=C(NC1CC1c1ccccc1)N1CCC(CC(=O)NC)CC1. The number of nitrogens with one attached hydrogen (secondary N) is 2. The maximum Gasteiger partial charge on any atom is 0.220 e. The van der Waals surface area contributed by atoms with E-state index in [0.29, 0.717) is 24.3 Å². The van der Waals surface area contributed by atoms with Gasteiger partial charge >= 0.3 is 0 Å². The van der Waals surface area contributed by atoms with Crippen LogP contribution in [0.4, 0.5) is 0 Å². The molecule has 1 aliphatic carbocycles. The second kappa shape index (κ2) is 8.37. The third kappa shape index (κ3) is 4.74. The highest BCUT2D eigenvalue weighted by atomic mass is 16.1. The number of hydrogen-bond donors (Lipinski definition) is 2. The molecule has 2 atom stereocenters. The van der Waals surface area contributed by atoms with Crippen LogP contribution < -0.4 is 10.6 Å². The van der Waals surface area contributed by atoms with Crippen LogP contribution in [0, 0.1) is 5.92 Å². The van der Waals surface area contributed by atoms with Crippen molar-refractivity contribution in [3.05, 3.63) is 35.9 Å². The predicted octanol–water partition coefficient (Wildman–Crippen LogP) is 2.36. The highest BCUT2D eigenvalue weighted by molar-refractivity contribution is 5.81. The Balaban J connectivity index is 1.51. The molecule has 0 radical (unpaired) electrons. The molecule has 2 unspecified atom stereocenters. The van der Waals surface area contributed by atoms with Crippen LogP contribution in [-0.2, 0) is 4.79 Å². The van der Waals surface area contributed by atoms with E-state index >= 15 is 0 Å². The average molecular weight is 342 g/mol. The zero-order valence-corrected chi connectivity index (χ0v) is 15.4. The van der Waals surface area contributed by atoms with E-state index < -0.39 is 0 Å². The fraction of sp³-hybridized carbons (Fsp3) is 0.600. The van der Waals surface area contributed by atoms with Crippen molar-refractivity contribution in [2.45, 2.75) is 44.6 Å². The Morgan fingerprint density at radius 2 is 1.96 bits per heavy atom. The summed E-state index contributed by atoms with van der Waals surface area (Å²) in [4.78, 5) is 18.6. The van der Waals surface area contributed by atoms with E-state index in [1.807, 2.05) is 0 Å². The van der Waals surface area contributed by atoms with Crippen molar-refractivity contribution in [2.75, 3.05) is 26.7 Å². The lowest BCUT2D eigenvalue weighted by atomic mass is 9.93. The monoisotopic (exact) mass is 342 g/mol. The number of hydrogen-bond acceptors (Lipinski definition) is 2. The standard InChI is InChI=1S/C20H30N4O/c1-3-22-20(23-18-14-17(18)16-7-5-4-6-8-16)24-11-9-15(10-12-24)13-19(25)21-2/h4-8,15,17-18H,3,9-14H2,1-2H3,(H,21,25)(H,22,23). The van der Waals surface area contributed by atoms with Crippen molar-refractivity contribution in [2.24, 2.45) is 10.9 Å². The first-order valence-electron chi connectivity index (χ1n) is 9.52. The second-order valence-electron chi connectivity index (χ2n) is 7.11. The van der Waals surface area contributed by atoms with Crippen LogP contribution in [0.3, 0.4) is 0 Å². The summed E-state index contributed by atoms with van der Waals surface area (Å²) in [6, 6.07) is 11.2. The van der Waals surface area contributed by atoms with E-state index in [0.717, 1.165) is 38.4 Å². The number of likely N-dealkylation sites (tertiary alicyclic amines) is 1. The van der Waals surface area contributed by atoms with Crippen LogP contribution in [0.5, 0.6) is 0 Å². The molecule has 0 bridgehead atoms. The second-order valence-corrected chi connectivity index (χ2v) is 7.11. The van der Waals surface area contributed by atoms with Gasteiger partial charge in [0.15, 0.2) is 5.96 Å². The van der Waals surface area contributed by atoms with E-state index in [2.05, 4.69) is 52.8 Å². The van der Waals surface area contributed by atoms with E-state index in [1.165, 1.54) is 12.0 Å². The minimum Gasteiger partial charge on any atom is -0.359 e. The van der Waals surface area contributed by atoms with Crippen LogP contribution >= 0.6 is 0 Å². The number of amides is 1. The van der Waals surface area contributed by atoms with E-state index in [-0.39, 0.29) is 5.91 Å². The number of carbonyl (C=O) groups excluding carboxylic acids is 1. The Kier molecular flexibility index (Phi) is 5.95. The number of nitrogens with zero attached hydrogens (tertiary/aromatic N) is 2. The zero-order valence-electron chi connectivity index (χ0n) is 15.4. The van der Waals surface area contributed by atoms with Gasteiger partial charge in [-0.1, -0.05) is 30.3 Å². The summed E-state index contributed by atoms with van der Waals surface area (Å²) >= 11 is 0. The molecular formula is C20H30N4O. The Morgan fingerprint density at radius 1 is 1.24 bits per heavy atom. The van der Waals surface area contributed by atoms with Crippen LogP contribution in [0.25, 0.3) is 0 Å². The molecule has 2 aliphatic rings. The first-order valence-corrected chi connectivity index (χ1v) is 9.52. The van der Waals surface area contributed by atoms with Crippen molar-refractivity contribution in [3.63, 3.8) is 0 Å². The normalized spacial score (nSPS) is 24.1. The number of aliphatic imine (C=N–C) groups is 1. The highest BCUT2D eigenvalue weighted by Crippen LogP contribution is 2.40. The smallest absolute Gasteiger partial charge is 0.220 e. The molecule has 0 aromatic heterocycles. The fourth-order valence-corrected chi connectivity index (χ4v) is 3.69. The summed E-state index contributed by atoms with van der Waals surface area (Å²) in [5.74, 6) is 2.30. The first-order chi connectivity index (χ1) is 12.2. The van der Waals surface area contributed by atoms with Gasteiger partial charge in [0.1, 0.15) is 0 Å². The van der Waals surface area contributed by atoms with E-state index in [9.17, 15) is 4.79 Å². The van der Waals surface area contributed by atoms with Gasteiger partial charge in [0.25, 0.3) is 0 Å². The van der Waals surface area contributed by atoms with E-state index in [4.69, 9.17) is 4.99 Å². The van der Waals surface area contributed by atoms with Gasteiger partial charge in [-0.3, -0.25) is 9.79 Å². The Bertz CT molecular complexity index is 593. The number of piperidine rings is 1. The molecule has 1 heterocycles. The summed E-state index contributed by atoms with van der Waals surface area (Å²) in [5, 5.41) is 6.41. The van der Waals surface area contributed by atoms with Gasteiger partial charge in [-0.2, -0.15) is 0 Å². The van der Waals surface area contributed by atoms with Gasteiger partial charge in [0.2, 0.25) is 5.91 Å². The molecule has 1 aliphatic heterocycles. The molecular weight excluding hydrogens is 312 g/mol. The molecule has 5 nitrogen and oxygen atoms in total. The molecule has 0 spiro atoms. The van der Waals surface area contributed by atoms with Crippen LogP contribution in [0.1, 0.15) is 44.1 Å². The molecule has 1 saturated heterocycles. The molecule has 2 fully saturated rings. The molecule has 5 heteroatoms. The Hall–Kier alpha value is -2.04. The highest BCUT2D eigenvalue weighted by Gasteiger charge is 2.39. The van der Waals surface area contributed by atoms with Gasteiger partial charge in [-0.15, -0.1) is 0 Å². The molecule has 136 valence electrons. The van der Waals surface area contributed by atoms with Crippen LogP contribution in [-0.4, -0.2) is 49.5 Å². The van der Waals surface area contributed by atoms with Gasteiger partial charge in [-0.25, -0.2) is 0 Å². The van der Waals surface area contributed by atoms with Crippen molar-refractivity contribution in [1.82, 2.24) is 15.5 Å². The number of carbonyl (C=O) groups is 1. The largest absolute Gasteiger partial charge is 0.359 e. The predicted molar refractivity (Wildman–Crippen MR) is 102 cm³/mol. The Labute approximate surface area is 150 Å². The van der Waals surface area contributed by atoms with Gasteiger partial charge in [0.05, 0.1) is 0 Å². The minimum absolute atomic E-state index is 0.155. The molecule has 1 aromatic carbocycles. The van der Waals surface area contributed by atoms with Crippen molar-refractivity contribution in [3.8, 4) is 0 Å². The number of benzene rings is 1. The maximum atomic E-state index is 11.6. The van der Waals surface area contributed by atoms with Crippen LogP contribution in [0.15, 0.2) is 35.3 Å². The molecule has 1 aromatic rings. The molecule has 25 heavy (non-hydrogen) atoms. The quantitative estimate of drug-likeness (QED) is 0.638. The molecule has 3 rings (SSSR count). The lowest BCUT2D eigenvalue weighted by Gasteiger charge is -2.34. The fourth-order valence-electron chi connectivity index (χ4n) is 3.69. The maximum absolute atomic E-state index is 11.6. The summed E-state index contributed by atoms with van der Waals surface area (Å²) in [5.41, 5.74) is 1.42. The van der Waals surface area contributed by atoms with Crippen molar-refractivity contribution in [1.29, 1.82) is 0 Å². The Morgan fingerprint density at radius 3 is 2.60 bits per heavy atom. The summed E-state index contributed by atoms with van der Waals surface area (Å²) in [7, 11) is 1.71.